The van der Waals surface area contributed by atoms with Crippen molar-refractivity contribution >= 4 is 22.9 Å². The van der Waals surface area contributed by atoms with Crippen molar-refractivity contribution in [3.8, 4) is 0 Å². The van der Waals surface area contributed by atoms with E-state index in [4.69, 9.17) is 9.47 Å². The van der Waals surface area contributed by atoms with Crippen molar-refractivity contribution in [2.75, 3.05) is 13.2 Å². The first-order chi connectivity index (χ1) is 9.04. The molecule has 0 amide bonds. The summed E-state index contributed by atoms with van der Waals surface area (Å²) < 4.78 is 34.5. The zero-order valence-corrected chi connectivity index (χ0v) is 10.9. The Morgan fingerprint density at radius 3 is 3.11 bits per heavy atom. The second kappa shape index (κ2) is 6.51. The van der Waals surface area contributed by atoms with Crippen LogP contribution in [0.1, 0.15) is 6.92 Å². The van der Waals surface area contributed by atoms with Crippen molar-refractivity contribution in [1.82, 2.24) is 5.32 Å². The Morgan fingerprint density at radius 2 is 2.42 bits per heavy atom. The average Bonchev–Trinajstić information content (AvgIpc) is 2.75. The largest absolute Gasteiger partial charge is 0.463 e. The molecule has 4 radical (unpaired) electrons. The molecule has 1 saturated heterocycles. The maximum Gasteiger partial charge on any atom is 0.302 e. The Morgan fingerprint density at radius 1 is 1.63 bits per heavy atom. The maximum atomic E-state index is 12.1. The predicted octanol–water partition coefficient (Wildman–Crippen LogP) is 0.763. The molecule has 0 aromatic carbocycles. The fourth-order valence-corrected chi connectivity index (χ4v) is 2.50. The number of halogens is 2. The third kappa shape index (κ3) is 4.31. The van der Waals surface area contributed by atoms with Gasteiger partial charge in [0.2, 0.25) is 0 Å². The SMILES string of the molecule is CC(=O)OC[C@H]1[C][C]C2N=C(NCC(F)F)SC2O1. The van der Waals surface area contributed by atoms with Gasteiger partial charge in [0.25, 0.3) is 6.43 Å². The zero-order valence-electron chi connectivity index (χ0n) is 10.1. The molecule has 3 atom stereocenters. The molecule has 5 nitrogen and oxygen atoms in total. The number of fused-ring (bicyclic) bond motifs is 1. The summed E-state index contributed by atoms with van der Waals surface area (Å²) in [6, 6.07) is -0.362. The van der Waals surface area contributed by atoms with E-state index in [2.05, 4.69) is 23.2 Å². The van der Waals surface area contributed by atoms with Gasteiger partial charge in [-0.3, -0.25) is 9.79 Å². The van der Waals surface area contributed by atoms with Gasteiger partial charge in [-0.05, 0) is 0 Å². The van der Waals surface area contributed by atoms with Gasteiger partial charge in [-0.2, -0.15) is 0 Å². The minimum absolute atomic E-state index is 0.0614. The first-order valence-electron chi connectivity index (χ1n) is 5.61. The Kier molecular flexibility index (Phi) is 4.98. The van der Waals surface area contributed by atoms with Crippen LogP contribution in [0.15, 0.2) is 4.99 Å². The third-order valence-electron chi connectivity index (χ3n) is 2.28. The molecular formula is C11H12F2N2O3S. The fraction of sp³-hybridized carbons (Fsp3) is 0.636. The van der Waals surface area contributed by atoms with Crippen molar-refractivity contribution in [3.05, 3.63) is 12.8 Å². The van der Waals surface area contributed by atoms with Crippen molar-refractivity contribution < 1.29 is 23.0 Å². The number of esters is 1. The number of carbonyl (C=O) groups is 1. The van der Waals surface area contributed by atoms with Gasteiger partial charge in [0.1, 0.15) is 18.1 Å². The summed E-state index contributed by atoms with van der Waals surface area (Å²) in [5, 5.41) is 2.93. The van der Waals surface area contributed by atoms with Gasteiger partial charge in [-0.25, -0.2) is 8.78 Å². The van der Waals surface area contributed by atoms with Gasteiger partial charge in [0, 0.05) is 19.8 Å². The molecule has 0 aromatic heterocycles. The van der Waals surface area contributed by atoms with E-state index in [-0.39, 0.29) is 18.1 Å². The Hall–Kier alpha value is -0.890. The van der Waals surface area contributed by atoms with Crippen molar-refractivity contribution in [1.29, 1.82) is 0 Å². The highest BCUT2D eigenvalue weighted by atomic mass is 32.2. The number of hydrogen-bond donors (Lipinski definition) is 1. The number of hydrogen-bond acceptors (Lipinski definition) is 6. The first kappa shape index (κ1) is 14.5. The van der Waals surface area contributed by atoms with Crippen LogP contribution in [0.2, 0.25) is 0 Å². The lowest BCUT2D eigenvalue weighted by Crippen LogP contribution is -2.37. The fourth-order valence-electron chi connectivity index (χ4n) is 1.49. The number of alkyl halides is 2. The van der Waals surface area contributed by atoms with Crippen molar-refractivity contribution in [2.24, 2.45) is 4.99 Å². The van der Waals surface area contributed by atoms with E-state index in [1.54, 1.807) is 0 Å². The first-order valence-corrected chi connectivity index (χ1v) is 6.49. The number of nitrogens with one attached hydrogen (secondary N) is 1. The number of rotatable bonds is 4. The molecule has 0 spiro atoms. The van der Waals surface area contributed by atoms with Gasteiger partial charge < -0.3 is 14.8 Å². The second-order valence-electron chi connectivity index (χ2n) is 3.85. The number of ether oxygens (including phenoxy) is 2. The van der Waals surface area contributed by atoms with Crippen LogP contribution < -0.4 is 5.32 Å². The summed E-state index contributed by atoms with van der Waals surface area (Å²) in [6.07, 6.45) is 2.72. The summed E-state index contributed by atoms with van der Waals surface area (Å²) in [5.74, 6) is -0.401. The zero-order chi connectivity index (χ0) is 13.8. The summed E-state index contributed by atoms with van der Waals surface area (Å²) in [5.41, 5.74) is -0.345. The molecule has 0 aromatic rings. The monoisotopic (exact) mass is 290 g/mol. The highest BCUT2D eigenvalue weighted by molar-refractivity contribution is 8.14. The van der Waals surface area contributed by atoms with Gasteiger partial charge in [-0.15, -0.1) is 0 Å². The number of thioether (sulfide) groups is 1. The van der Waals surface area contributed by atoms with E-state index >= 15 is 0 Å². The molecule has 2 aliphatic rings. The third-order valence-corrected chi connectivity index (χ3v) is 3.35. The van der Waals surface area contributed by atoms with Crippen LogP contribution in [0.5, 0.6) is 0 Å². The van der Waals surface area contributed by atoms with Gasteiger partial charge in [0.05, 0.1) is 12.6 Å². The van der Waals surface area contributed by atoms with E-state index < -0.39 is 25.0 Å². The molecule has 19 heavy (non-hydrogen) atoms. The normalized spacial score (nSPS) is 29.9. The lowest BCUT2D eigenvalue weighted by atomic mass is 10.1. The quantitative estimate of drug-likeness (QED) is 0.775. The molecule has 104 valence electrons. The standard InChI is InChI=1S/C11H12F2N2O3S/c1-6(16)17-5-7-2-3-8-10(18-7)19-11(15-8)14-4-9(12)13/h7-10H,4-5H2,1H3,(H,14,15)/t7-,8?,10?/m1/s1. The smallest absolute Gasteiger partial charge is 0.302 e. The van der Waals surface area contributed by atoms with Crippen molar-refractivity contribution in [3.63, 3.8) is 0 Å². The summed E-state index contributed by atoms with van der Waals surface area (Å²) in [7, 11) is 0. The Bertz CT molecular complexity index is 368. The molecule has 1 fully saturated rings. The summed E-state index contributed by atoms with van der Waals surface area (Å²) >= 11 is 1.21. The van der Waals surface area contributed by atoms with E-state index in [1.165, 1.54) is 18.7 Å². The summed E-state index contributed by atoms with van der Waals surface area (Å²) in [6.45, 7) is 0.917. The molecule has 0 bridgehead atoms. The van der Waals surface area contributed by atoms with Gasteiger partial charge in [-0.1, -0.05) is 11.8 Å². The Balaban J connectivity index is 1.77. The van der Waals surface area contributed by atoms with E-state index in [9.17, 15) is 13.6 Å². The van der Waals surface area contributed by atoms with Crippen LogP contribution in [0.3, 0.4) is 0 Å². The number of aliphatic imine (C=N–C) groups is 1. The predicted molar refractivity (Wildman–Crippen MR) is 64.6 cm³/mol. The average molecular weight is 290 g/mol. The molecule has 2 heterocycles. The maximum absolute atomic E-state index is 12.1. The van der Waals surface area contributed by atoms with Crippen LogP contribution in [-0.2, 0) is 14.3 Å². The molecule has 0 saturated carbocycles. The van der Waals surface area contributed by atoms with Crippen LogP contribution in [0, 0.1) is 12.8 Å². The van der Waals surface area contributed by atoms with E-state index in [1.807, 2.05) is 0 Å². The van der Waals surface area contributed by atoms with E-state index in [0.717, 1.165) is 0 Å². The minimum Gasteiger partial charge on any atom is -0.463 e. The lowest BCUT2D eigenvalue weighted by Gasteiger charge is -2.28. The Labute approximate surface area is 114 Å². The molecular weight excluding hydrogens is 278 g/mol. The van der Waals surface area contributed by atoms with Crippen LogP contribution in [0.25, 0.3) is 0 Å². The highest BCUT2D eigenvalue weighted by Gasteiger charge is 2.38. The summed E-state index contributed by atoms with van der Waals surface area (Å²) in [4.78, 5) is 14.8. The van der Waals surface area contributed by atoms with Crippen LogP contribution in [0.4, 0.5) is 8.78 Å². The number of nitrogens with zero attached hydrogens (tertiary/aromatic N) is 1. The number of carbonyl (C=O) groups excluding carboxylic acids is 1. The van der Waals surface area contributed by atoms with Gasteiger partial charge in [0.15, 0.2) is 5.17 Å². The van der Waals surface area contributed by atoms with Crippen LogP contribution in [-0.4, -0.2) is 48.3 Å². The minimum atomic E-state index is -2.44. The molecule has 2 aliphatic heterocycles. The molecule has 2 unspecified atom stereocenters. The van der Waals surface area contributed by atoms with Crippen molar-refractivity contribution in [2.45, 2.75) is 30.9 Å². The number of amidine groups is 1. The van der Waals surface area contributed by atoms with E-state index in [0.29, 0.717) is 5.17 Å². The molecule has 1 N–H and O–H groups in total. The lowest BCUT2D eigenvalue weighted by molar-refractivity contribution is -0.145. The second-order valence-corrected chi connectivity index (χ2v) is 4.94. The molecule has 8 heteroatoms. The van der Waals surface area contributed by atoms with Crippen LogP contribution >= 0.6 is 11.8 Å². The highest BCUT2D eigenvalue weighted by Crippen LogP contribution is 2.34. The molecule has 0 aliphatic carbocycles. The topological polar surface area (TPSA) is 59.9 Å². The van der Waals surface area contributed by atoms with Gasteiger partial charge >= 0.3 is 5.97 Å². The molecule has 2 rings (SSSR count).